The van der Waals surface area contributed by atoms with Crippen LogP contribution in [0.15, 0.2) is 84.0 Å². The lowest BCUT2D eigenvalue weighted by Crippen LogP contribution is -2.40. The first-order valence-corrected chi connectivity index (χ1v) is 10.2. The number of anilines is 1. The maximum atomic E-state index is 14.1. The third kappa shape index (κ3) is 5.28. The number of rotatable bonds is 6. The lowest BCUT2D eigenvalue weighted by molar-refractivity contribution is 0.0608. The molecule has 31 heavy (non-hydrogen) atoms. The molecule has 1 heterocycles. The molecule has 6 heteroatoms. The number of carbonyl (C=O) groups is 1. The van der Waals surface area contributed by atoms with Gasteiger partial charge in [-0.05, 0) is 36.2 Å². The standard InChI is InChI=1S/C25H24FN3O2/c1-18-8-7-11-20(14-18)27-25(30)29(16-19-9-3-2-4-10-19)17-21-15-24(28-31-21)22-12-5-6-13-23(22)26/h2-14,21H,15-17H2,1H3,(H,27,30)/t21-/m0/s1. The Kier molecular flexibility index (Phi) is 6.26. The number of benzene rings is 3. The van der Waals surface area contributed by atoms with Gasteiger partial charge in [0.25, 0.3) is 0 Å². The summed E-state index contributed by atoms with van der Waals surface area (Å²) < 4.78 is 14.1. The molecule has 3 aromatic carbocycles. The second kappa shape index (κ2) is 9.43. The molecule has 0 saturated heterocycles. The van der Waals surface area contributed by atoms with Gasteiger partial charge in [-0.3, -0.25) is 0 Å². The number of urea groups is 1. The first kappa shape index (κ1) is 20.6. The number of hydrogen-bond acceptors (Lipinski definition) is 3. The van der Waals surface area contributed by atoms with Crippen LogP contribution in [0.4, 0.5) is 14.9 Å². The number of halogens is 1. The van der Waals surface area contributed by atoms with Gasteiger partial charge >= 0.3 is 6.03 Å². The maximum absolute atomic E-state index is 14.1. The highest BCUT2D eigenvalue weighted by Gasteiger charge is 2.28. The highest BCUT2D eigenvalue weighted by molar-refractivity contribution is 6.01. The van der Waals surface area contributed by atoms with Crippen LogP contribution in [0.3, 0.4) is 0 Å². The number of hydrogen-bond donors (Lipinski definition) is 1. The molecular weight excluding hydrogens is 393 g/mol. The zero-order valence-electron chi connectivity index (χ0n) is 17.3. The van der Waals surface area contributed by atoms with E-state index in [1.807, 2.05) is 61.5 Å². The third-order valence-corrected chi connectivity index (χ3v) is 5.11. The minimum Gasteiger partial charge on any atom is -0.390 e. The van der Waals surface area contributed by atoms with Gasteiger partial charge in [-0.25, -0.2) is 9.18 Å². The van der Waals surface area contributed by atoms with E-state index in [9.17, 15) is 9.18 Å². The van der Waals surface area contributed by atoms with Gasteiger partial charge < -0.3 is 15.1 Å². The van der Waals surface area contributed by atoms with Crippen LogP contribution in [-0.4, -0.2) is 29.3 Å². The van der Waals surface area contributed by atoms with Gasteiger partial charge in [0.15, 0.2) is 6.10 Å². The van der Waals surface area contributed by atoms with Gasteiger partial charge in [0.05, 0.1) is 12.3 Å². The summed E-state index contributed by atoms with van der Waals surface area (Å²) in [5, 5.41) is 7.04. The number of nitrogens with zero attached hydrogens (tertiary/aromatic N) is 2. The Morgan fingerprint density at radius 3 is 2.65 bits per heavy atom. The summed E-state index contributed by atoms with van der Waals surface area (Å²) >= 11 is 0. The monoisotopic (exact) mass is 417 g/mol. The predicted molar refractivity (Wildman–Crippen MR) is 119 cm³/mol. The molecule has 0 saturated carbocycles. The molecule has 0 bridgehead atoms. The van der Waals surface area contributed by atoms with Crippen molar-refractivity contribution in [1.29, 1.82) is 0 Å². The van der Waals surface area contributed by atoms with Crippen LogP contribution in [0.5, 0.6) is 0 Å². The Balaban J connectivity index is 1.47. The second-order valence-corrected chi connectivity index (χ2v) is 7.62. The van der Waals surface area contributed by atoms with E-state index in [4.69, 9.17) is 4.84 Å². The Morgan fingerprint density at radius 2 is 1.87 bits per heavy atom. The first-order valence-electron chi connectivity index (χ1n) is 10.2. The summed E-state index contributed by atoms with van der Waals surface area (Å²) in [6.07, 6.45) is 0.0887. The van der Waals surface area contributed by atoms with Gasteiger partial charge in [0.2, 0.25) is 0 Å². The molecule has 0 spiro atoms. The Bertz CT molecular complexity index is 1080. The minimum absolute atomic E-state index is 0.225. The van der Waals surface area contributed by atoms with Crippen LogP contribution in [0.1, 0.15) is 23.1 Å². The predicted octanol–water partition coefficient (Wildman–Crippen LogP) is 5.36. The smallest absolute Gasteiger partial charge is 0.322 e. The molecule has 0 unspecified atom stereocenters. The SMILES string of the molecule is Cc1cccc(NC(=O)N(Cc2ccccc2)C[C@@H]2CC(c3ccccc3F)=NO2)c1. The second-order valence-electron chi connectivity index (χ2n) is 7.62. The van der Waals surface area contributed by atoms with Gasteiger partial charge in [-0.1, -0.05) is 65.8 Å². The third-order valence-electron chi connectivity index (χ3n) is 5.11. The number of amides is 2. The molecular formula is C25H24FN3O2. The molecule has 3 aromatic rings. The summed E-state index contributed by atoms with van der Waals surface area (Å²) in [6, 6.07) is 23.7. The van der Waals surface area contributed by atoms with Crippen molar-refractivity contribution in [2.24, 2.45) is 5.16 Å². The van der Waals surface area contributed by atoms with E-state index in [-0.39, 0.29) is 18.0 Å². The Morgan fingerprint density at radius 1 is 1.10 bits per heavy atom. The summed E-state index contributed by atoms with van der Waals surface area (Å²) in [6.45, 7) is 2.73. The summed E-state index contributed by atoms with van der Waals surface area (Å²) in [4.78, 5) is 20.3. The average Bonchev–Trinajstić information content (AvgIpc) is 3.23. The number of aryl methyl sites for hydroxylation is 1. The van der Waals surface area contributed by atoms with Gasteiger partial charge in [-0.15, -0.1) is 0 Å². The highest BCUT2D eigenvalue weighted by Crippen LogP contribution is 2.21. The van der Waals surface area contributed by atoms with E-state index in [2.05, 4.69) is 10.5 Å². The minimum atomic E-state index is -0.346. The molecule has 1 N–H and O–H groups in total. The molecule has 0 aliphatic carbocycles. The van der Waals surface area contributed by atoms with Crippen molar-refractivity contribution in [1.82, 2.24) is 4.90 Å². The molecule has 0 radical (unpaired) electrons. The van der Waals surface area contributed by atoms with Crippen molar-refractivity contribution in [2.75, 3.05) is 11.9 Å². The summed E-state index contributed by atoms with van der Waals surface area (Å²) in [5.74, 6) is -0.330. The lowest BCUT2D eigenvalue weighted by atomic mass is 10.0. The number of nitrogens with one attached hydrogen (secondary N) is 1. The Labute approximate surface area is 181 Å². The number of oxime groups is 1. The van der Waals surface area contributed by atoms with Crippen molar-refractivity contribution >= 4 is 17.4 Å². The van der Waals surface area contributed by atoms with Crippen molar-refractivity contribution < 1.29 is 14.0 Å². The molecule has 0 fully saturated rings. The molecule has 2 amide bonds. The van der Waals surface area contributed by atoms with E-state index in [0.29, 0.717) is 30.8 Å². The van der Waals surface area contributed by atoms with Gasteiger partial charge in [-0.2, -0.15) is 0 Å². The van der Waals surface area contributed by atoms with E-state index < -0.39 is 0 Å². The lowest BCUT2D eigenvalue weighted by Gasteiger charge is -2.25. The van der Waals surface area contributed by atoms with E-state index in [1.54, 1.807) is 23.1 Å². The molecule has 1 aliphatic rings. The summed E-state index contributed by atoms with van der Waals surface area (Å²) in [5.41, 5.74) is 3.80. The largest absolute Gasteiger partial charge is 0.390 e. The van der Waals surface area contributed by atoms with Crippen molar-refractivity contribution in [3.8, 4) is 0 Å². The molecule has 1 atom stereocenters. The molecule has 158 valence electrons. The van der Waals surface area contributed by atoms with Gasteiger partial charge in [0, 0.05) is 24.2 Å². The van der Waals surface area contributed by atoms with Crippen LogP contribution in [-0.2, 0) is 11.4 Å². The average molecular weight is 417 g/mol. The normalized spacial score (nSPS) is 15.2. The van der Waals surface area contributed by atoms with E-state index in [1.165, 1.54) is 6.07 Å². The van der Waals surface area contributed by atoms with Crippen LogP contribution in [0.25, 0.3) is 0 Å². The Hall–Kier alpha value is -3.67. The zero-order valence-corrected chi connectivity index (χ0v) is 17.3. The van der Waals surface area contributed by atoms with Crippen molar-refractivity contribution in [3.05, 3.63) is 101 Å². The fraction of sp³-hybridized carbons (Fsp3) is 0.200. The topological polar surface area (TPSA) is 53.9 Å². The number of carbonyl (C=O) groups excluding carboxylic acids is 1. The molecule has 4 rings (SSSR count). The highest BCUT2D eigenvalue weighted by atomic mass is 19.1. The van der Waals surface area contributed by atoms with Crippen molar-refractivity contribution in [3.63, 3.8) is 0 Å². The fourth-order valence-electron chi connectivity index (χ4n) is 3.57. The van der Waals surface area contributed by atoms with Crippen LogP contribution >= 0.6 is 0 Å². The van der Waals surface area contributed by atoms with Crippen LogP contribution in [0.2, 0.25) is 0 Å². The van der Waals surface area contributed by atoms with Crippen LogP contribution < -0.4 is 5.32 Å². The molecule has 1 aliphatic heterocycles. The van der Waals surface area contributed by atoms with E-state index in [0.717, 1.165) is 16.8 Å². The molecule has 0 aromatic heterocycles. The first-order chi connectivity index (χ1) is 15.1. The fourth-order valence-corrected chi connectivity index (χ4v) is 3.57. The van der Waals surface area contributed by atoms with Crippen LogP contribution in [0, 0.1) is 12.7 Å². The molecule has 5 nitrogen and oxygen atoms in total. The van der Waals surface area contributed by atoms with Crippen molar-refractivity contribution in [2.45, 2.75) is 26.0 Å². The maximum Gasteiger partial charge on any atom is 0.322 e. The quantitative estimate of drug-likeness (QED) is 0.587. The van der Waals surface area contributed by atoms with E-state index >= 15 is 0 Å². The zero-order chi connectivity index (χ0) is 21.6. The van der Waals surface area contributed by atoms with Gasteiger partial charge in [0.1, 0.15) is 5.82 Å². The summed E-state index contributed by atoms with van der Waals surface area (Å²) in [7, 11) is 0.